The molecule has 0 spiro atoms. The third-order valence-electron chi connectivity index (χ3n) is 6.55. The molecule has 0 bridgehead atoms. The summed E-state index contributed by atoms with van der Waals surface area (Å²) in [6, 6.07) is 7.12. The van der Waals surface area contributed by atoms with Gasteiger partial charge in [-0.25, -0.2) is 22.0 Å². The van der Waals surface area contributed by atoms with Crippen LogP contribution in [0.15, 0.2) is 54.9 Å². The number of hydrogen-bond donors (Lipinski definition) is 3. The van der Waals surface area contributed by atoms with Crippen LogP contribution in [0.2, 0.25) is 0 Å². The zero-order valence-corrected chi connectivity index (χ0v) is 23.7. The molecule has 1 heterocycles. The van der Waals surface area contributed by atoms with Crippen molar-refractivity contribution in [2.24, 2.45) is 0 Å². The van der Waals surface area contributed by atoms with Crippen LogP contribution in [0.4, 0.5) is 22.0 Å². The fraction of sp³-hybridized carbons (Fsp3) is 0.379. The summed E-state index contributed by atoms with van der Waals surface area (Å²) in [4.78, 5) is 0. The van der Waals surface area contributed by atoms with Gasteiger partial charge in [-0.15, -0.1) is 0 Å². The summed E-state index contributed by atoms with van der Waals surface area (Å²) >= 11 is 0. The van der Waals surface area contributed by atoms with Gasteiger partial charge in [0, 0.05) is 28.5 Å². The van der Waals surface area contributed by atoms with Crippen molar-refractivity contribution < 1.29 is 26.5 Å². The molecule has 2 atom stereocenters. The second-order valence-corrected chi connectivity index (χ2v) is 11.4. The molecule has 0 amide bonds. The number of halogens is 5. The molecule has 3 N–H and O–H groups in total. The van der Waals surface area contributed by atoms with Crippen molar-refractivity contribution in [3.05, 3.63) is 95.1 Å². The molecule has 2 aromatic carbocycles. The molecule has 1 fully saturated rings. The second-order valence-electron chi connectivity index (χ2n) is 11.2. The molecule has 0 aliphatic carbocycles. The predicted molar refractivity (Wildman–Crippen MR) is 148 cm³/mol. The molecule has 0 aromatic heterocycles. The van der Waals surface area contributed by atoms with Gasteiger partial charge < -0.3 is 20.5 Å². The summed E-state index contributed by atoms with van der Waals surface area (Å²) in [7, 11) is 2.18. The van der Waals surface area contributed by atoms with Crippen LogP contribution in [-0.2, 0) is 6.42 Å². The first-order valence-corrected chi connectivity index (χ1v) is 12.9. The molecule has 10 heteroatoms. The minimum absolute atomic E-state index is 0.100. The average Bonchev–Trinajstić information content (AvgIpc) is 2.84. The van der Waals surface area contributed by atoms with Crippen LogP contribution in [-0.4, -0.2) is 23.2 Å². The van der Waals surface area contributed by atoms with E-state index in [0.717, 1.165) is 24.5 Å². The van der Waals surface area contributed by atoms with Crippen LogP contribution in [0, 0.1) is 29.1 Å². The minimum Gasteiger partial charge on any atom is -0.480 e. The largest absolute Gasteiger partial charge is 0.480 e. The molecule has 0 saturated carbocycles. The Bertz CT molecular complexity index is 1220. The Morgan fingerprint density at radius 1 is 0.974 bits per heavy atom. The summed E-state index contributed by atoms with van der Waals surface area (Å²) < 4.78 is 74.0. The Labute approximate surface area is 229 Å². The third-order valence-corrected chi connectivity index (χ3v) is 6.83. The molecule has 2 aromatic rings. The smallest absolute Gasteiger partial charge is 0.200 e. The van der Waals surface area contributed by atoms with Crippen LogP contribution in [0.5, 0.6) is 5.75 Å². The summed E-state index contributed by atoms with van der Waals surface area (Å²) in [6.07, 6.45) is 4.14. The lowest BCUT2D eigenvalue weighted by atomic mass is 9.79. The Hall–Kier alpha value is -2.90. The normalized spacial score (nSPS) is 17.6. The van der Waals surface area contributed by atoms with Gasteiger partial charge in [0.1, 0.15) is 5.75 Å². The summed E-state index contributed by atoms with van der Waals surface area (Å²) in [5.74, 6) is -9.37. The highest BCUT2D eigenvalue weighted by molar-refractivity contribution is 7.10. The predicted octanol–water partition coefficient (Wildman–Crippen LogP) is 6.69. The highest BCUT2D eigenvalue weighted by atomic mass is 31.0. The topological polar surface area (TPSA) is 45.3 Å². The molecule has 2 unspecified atom stereocenters. The second kappa shape index (κ2) is 12.1. The third kappa shape index (κ3) is 7.83. The number of allylic oxidation sites excluding steroid dienone is 1. The standard InChI is InChI=1S/C29H35F5N3OP/c1-16(7-12-21-23(30)25(32)27(34)26(33)24(21)31)35-22(13-18-8-10-20(38-39)11-9-18)17(2)36-19-14-28(3,4)37-29(5,6)15-19/h7-12,19,22,35-37H,1-2,13-15,39H2,3-6H3/b12-7+. The molecule has 212 valence electrons. The Morgan fingerprint density at radius 2 is 1.49 bits per heavy atom. The van der Waals surface area contributed by atoms with E-state index in [1.54, 1.807) is 0 Å². The molecule has 1 saturated heterocycles. The zero-order chi connectivity index (χ0) is 29.1. The number of piperidine rings is 1. The van der Waals surface area contributed by atoms with Crippen LogP contribution < -0.4 is 20.5 Å². The van der Waals surface area contributed by atoms with Gasteiger partial charge in [0.25, 0.3) is 0 Å². The van der Waals surface area contributed by atoms with Gasteiger partial charge in [0.2, 0.25) is 5.82 Å². The van der Waals surface area contributed by atoms with Crippen LogP contribution in [0.25, 0.3) is 6.08 Å². The number of rotatable bonds is 10. The minimum atomic E-state index is -2.20. The molecule has 0 radical (unpaired) electrons. The van der Waals surface area contributed by atoms with E-state index in [2.05, 4.69) is 66.3 Å². The monoisotopic (exact) mass is 567 g/mol. The maximum atomic E-state index is 14.1. The van der Waals surface area contributed by atoms with Gasteiger partial charge in [0.15, 0.2) is 23.3 Å². The van der Waals surface area contributed by atoms with E-state index < -0.39 is 40.7 Å². The maximum absolute atomic E-state index is 14.1. The van der Waals surface area contributed by atoms with E-state index in [-0.39, 0.29) is 22.8 Å². The first-order valence-electron chi connectivity index (χ1n) is 12.5. The summed E-state index contributed by atoms with van der Waals surface area (Å²) in [6.45, 7) is 16.7. The molecular formula is C29H35F5N3OP. The van der Waals surface area contributed by atoms with Gasteiger partial charge in [-0.3, -0.25) is 0 Å². The van der Waals surface area contributed by atoms with Gasteiger partial charge in [-0.05, 0) is 76.8 Å². The molecule has 1 aliphatic rings. The molecule has 3 rings (SSSR count). The molecule has 1 aliphatic heterocycles. The molecular weight excluding hydrogens is 532 g/mol. The SMILES string of the molecule is C=C(/C=C/c1c(F)c(F)c(F)c(F)c1F)NC(Cc1ccc(OP)cc1)C(=C)NC1CC(C)(C)NC(C)(C)C1. The van der Waals surface area contributed by atoms with E-state index >= 15 is 0 Å². The fourth-order valence-electron chi connectivity index (χ4n) is 5.21. The van der Waals surface area contributed by atoms with Gasteiger partial charge in [0.05, 0.1) is 21.1 Å². The summed E-state index contributed by atoms with van der Waals surface area (Å²) in [5, 5.41) is 10.4. The quantitative estimate of drug-likeness (QED) is 0.0985. The van der Waals surface area contributed by atoms with E-state index in [0.29, 0.717) is 17.9 Å². The Morgan fingerprint density at radius 3 is 2.00 bits per heavy atom. The van der Waals surface area contributed by atoms with E-state index in [1.807, 2.05) is 24.3 Å². The van der Waals surface area contributed by atoms with Crippen LogP contribution in [0.1, 0.15) is 51.7 Å². The Balaban J connectivity index is 1.82. The van der Waals surface area contributed by atoms with Crippen molar-refractivity contribution in [3.63, 3.8) is 0 Å². The number of benzene rings is 2. The number of hydrogen-bond acceptors (Lipinski definition) is 4. The van der Waals surface area contributed by atoms with Gasteiger partial charge in [-0.1, -0.05) is 25.3 Å². The fourth-order valence-corrected chi connectivity index (χ4v) is 5.37. The van der Waals surface area contributed by atoms with Gasteiger partial charge >= 0.3 is 0 Å². The first kappa shape index (κ1) is 30.6. The first-order chi connectivity index (χ1) is 18.1. The lowest BCUT2D eigenvalue weighted by molar-refractivity contribution is 0.150. The van der Waals surface area contributed by atoms with Crippen LogP contribution in [0.3, 0.4) is 0 Å². The zero-order valence-electron chi connectivity index (χ0n) is 22.5. The highest BCUT2D eigenvalue weighted by Crippen LogP contribution is 2.29. The lowest BCUT2D eigenvalue weighted by Crippen LogP contribution is -2.62. The molecule has 39 heavy (non-hydrogen) atoms. The number of nitrogens with one attached hydrogen (secondary N) is 3. The highest BCUT2D eigenvalue weighted by Gasteiger charge is 2.38. The van der Waals surface area contributed by atoms with Crippen LogP contribution >= 0.6 is 9.47 Å². The lowest BCUT2D eigenvalue weighted by Gasteiger charge is -2.47. The van der Waals surface area contributed by atoms with Crippen molar-refractivity contribution in [1.29, 1.82) is 0 Å². The van der Waals surface area contributed by atoms with E-state index in [4.69, 9.17) is 4.52 Å². The van der Waals surface area contributed by atoms with Gasteiger partial charge in [-0.2, -0.15) is 0 Å². The average molecular weight is 568 g/mol. The van der Waals surface area contributed by atoms with E-state index in [1.165, 1.54) is 6.08 Å². The van der Waals surface area contributed by atoms with Crippen molar-refractivity contribution in [1.82, 2.24) is 16.0 Å². The van der Waals surface area contributed by atoms with E-state index in [9.17, 15) is 22.0 Å². The Kier molecular flexibility index (Phi) is 9.50. The maximum Gasteiger partial charge on any atom is 0.200 e. The van der Waals surface area contributed by atoms with Crippen molar-refractivity contribution in [2.75, 3.05) is 0 Å². The van der Waals surface area contributed by atoms with Crippen molar-refractivity contribution >= 4 is 15.5 Å². The van der Waals surface area contributed by atoms with Crippen molar-refractivity contribution in [2.45, 2.75) is 70.1 Å². The van der Waals surface area contributed by atoms with Crippen molar-refractivity contribution in [3.8, 4) is 5.75 Å². The summed E-state index contributed by atoms with van der Waals surface area (Å²) in [5.41, 5.74) is 0.570. The molecule has 4 nitrogen and oxygen atoms in total.